The molecule has 0 aliphatic carbocycles. The first-order valence-corrected chi connectivity index (χ1v) is 8.07. The second-order valence-corrected chi connectivity index (χ2v) is 5.85. The van der Waals surface area contributed by atoms with Crippen LogP contribution in [0.1, 0.15) is 50.7 Å². The first-order valence-electron chi connectivity index (χ1n) is 6.51. The number of hydrogen-bond donors (Lipinski definition) is 1. The lowest BCUT2D eigenvalue weighted by Crippen LogP contribution is -2.31. The van der Waals surface area contributed by atoms with Crippen molar-refractivity contribution in [2.75, 3.05) is 6.61 Å². The molecule has 3 nitrogen and oxygen atoms in total. The fourth-order valence-electron chi connectivity index (χ4n) is 2.42. The molecule has 0 saturated carbocycles. The molecule has 2 heterocycles. The first kappa shape index (κ1) is 14.0. The maximum absolute atomic E-state index is 5.98. The number of fused-ring (bicyclic) bond motifs is 1. The summed E-state index contributed by atoms with van der Waals surface area (Å²) in [5.74, 6) is 2.89. The van der Waals surface area contributed by atoms with Crippen molar-refractivity contribution in [2.24, 2.45) is 0 Å². The Morgan fingerprint density at radius 3 is 2.67 bits per heavy atom. The van der Waals surface area contributed by atoms with E-state index in [0.717, 1.165) is 34.8 Å². The van der Waals surface area contributed by atoms with Gasteiger partial charge in [-0.1, -0.05) is 26.1 Å². The minimum absolute atomic E-state index is 0.315. The molecule has 0 amide bonds. The van der Waals surface area contributed by atoms with E-state index < -0.39 is 0 Å². The summed E-state index contributed by atoms with van der Waals surface area (Å²) in [6, 6.07) is 0. The highest BCUT2D eigenvalue weighted by Gasteiger charge is 2.32. The van der Waals surface area contributed by atoms with Crippen LogP contribution in [0.25, 0.3) is 0 Å². The lowest BCUT2D eigenvalue weighted by atomic mass is 9.95. The van der Waals surface area contributed by atoms with Gasteiger partial charge in [0, 0.05) is 29.4 Å². The smallest absolute Gasteiger partial charge is 0.140 e. The molecule has 1 aliphatic heterocycles. The Morgan fingerprint density at radius 1 is 1.33 bits per heavy atom. The summed E-state index contributed by atoms with van der Waals surface area (Å²) in [7, 11) is 0. The standard InChI is InChI=1S/C13H20N2OS2/c1-4-13(5-2,16-6-3)12-14-10-8-18-7-9(10)11(17)15-12/h4-8H2,1-3H3,(H,14,15,17). The van der Waals surface area contributed by atoms with Crippen LogP contribution in [0.15, 0.2) is 0 Å². The third kappa shape index (κ3) is 2.36. The summed E-state index contributed by atoms with van der Waals surface area (Å²) < 4.78 is 6.73. The highest BCUT2D eigenvalue weighted by atomic mass is 32.2. The summed E-state index contributed by atoms with van der Waals surface area (Å²) in [5.41, 5.74) is 2.13. The molecule has 0 spiro atoms. The second kappa shape index (κ2) is 5.72. The van der Waals surface area contributed by atoms with Crippen LogP contribution in [0.3, 0.4) is 0 Å². The van der Waals surface area contributed by atoms with Crippen LogP contribution in [0.4, 0.5) is 0 Å². The Balaban J connectivity index is 2.49. The van der Waals surface area contributed by atoms with Crippen LogP contribution < -0.4 is 0 Å². The summed E-state index contributed by atoms with van der Waals surface area (Å²) >= 11 is 7.30. The van der Waals surface area contributed by atoms with Crippen molar-refractivity contribution in [1.82, 2.24) is 9.97 Å². The quantitative estimate of drug-likeness (QED) is 0.831. The number of aromatic nitrogens is 2. The maximum Gasteiger partial charge on any atom is 0.140 e. The van der Waals surface area contributed by atoms with Crippen molar-refractivity contribution in [2.45, 2.75) is 50.7 Å². The van der Waals surface area contributed by atoms with E-state index in [0.29, 0.717) is 6.61 Å². The zero-order valence-corrected chi connectivity index (χ0v) is 12.8. The number of nitrogens with one attached hydrogen (secondary N) is 1. The Labute approximate surface area is 118 Å². The van der Waals surface area contributed by atoms with E-state index in [1.807, 2.05) is 18.7 Å². The Morgan fingerprint density at radius 2 is 2.06 bits per heavy atom. The van der Waals surface area contributed by atoms with Gasteiger partial charge in [0.25, 0.3) is 0 Å². The van der Waals surface area contributed by atoms with E-state index in [1.54, 1.807) is 0 Å². The number of thioether (sulfide) groups is 1. The summed E-state index contributed by atoms with van der Waals surface area (Å²) in [6.07, 6.45) is 1.81. The van der Waals surface area contributed by atoms with E-state index in [-0.39, 0.29) is 5.60 Å². The van der Waals surface area contributed by atoms with Crippen molar-refractivity contribution in [3.8, 4) is 0 Å². The van der Waals surface area contributed by atoms with Gasteiger partial charge in [-0.15, -0.1) is 0 Å². The van der Waals surface area contributed by atoms with Gasteiger partial charge in [0.05, 0.1) is 0 Å². The molecule has 1 aliphatic rings. The van der Waals surface area contributed by atoms with Crippen molar-refractivity contribution in [1.29, 1.82) is 0 Å². The monoisotopic (exact) mass is 284 g/mol. The Bertz CT molecular complexity index is 480. The van der Waals surface area contributed by atoms with E-state index in [2.05, 4.69) is 23.8 Å². The normalized spacial score (nSPS) is 14.8. The Hall–Kier alpha value is -0.390. The lowest BCUT2D eigenvalue weighted by Gasteiger charge is -2.30. The van der Waals surface area contributed by atoms with Crippen molar-refractivity contribution in [3.63, 3.8) is 0 Å². The number of hydrogen-bond acceptors (Lipinski definition) is 4. The van der Waals surface area contributed by atoms with Gasteiger partial charge in [-0.3, -0.25) is 0 Å². The van der Waals surface area contributed by atoms with Gasteiger partial charge in [-0.2, -0.15) is 11.8 Å². The third-order valence-corrected chi connectivity index (χ3v) is 4.92. The minimum Gasteiger partial charge on any atom is -0.367 e. The van der Waals surface area contributed by atoms with Gasteiger partial charge in [-0.05, 0) is 19.8 Å². The van der Waals surface area contributed by atoms with E-state index in [1.165, 1.54) is 11.3 Å². The fraction of sp³-hybridized carbons (Fsp3) is 0.692. The second-order valence-electron chi connectivity index (χ2n) is 4.47. The van der Waals surface area contributed by atoms with Gasteiger partial charge < -0.3 is 9.72 Å². The molecule has 0 radical (unpaired) electrons. The molecule has 1 N–H and O–H groups in total. The van der Waals surface area contributed by atoms with E-state index in [9.17, 15) is 0 Å². The van der Waals surface area contributed by atoms with Crippen LogP contribution in [-0.4, -0.2) is 16.6 Å². The SMILES string of the molecule is CCOC(CC)(CC)c1nc(=S)c2c([nH]1)CSC2. The summed E-state index contributed by atoms with van der Waals surface area (Å²) in [6.45, 7) is 6.99. The van der Waals surface area contributed by atoms with Crippen molar-refractivity contribution in [3.05, 3.63) is 21.7 Å². The number of nitrogens with zero attached hydrogens (tertiary/aromatic N) is 1. The first-order chi connectivity index (χ1) is 8.66. The number of H-pyrrole nitrogens is 1. The molecule has 18 heavy (non-hydrogen) atoms. The topological polar surface area (TPSA) is 37.9 Å². The highest BCUT2D eigenvalue weighted by molar-refractivity contribution is 7.98. The number of aromatic amines is 1. The van der Waals surface area contributed by atoms with Crippen LogP contribution >= 0.6 is 24.0 Å². The van der Waals surface area contributed by atoms with Gasteiger partial charge in [0.2, 0.25) is 0 Å². The molecule has 0 saturated heterocycles. The average Bonchev–Trinajstić information content (AvgIpc) is 2.85. The number of rotatable bonds is 5. The van der Waals surface area contributed by atoms with Gasteiger partial charge in [0.1, 0.15) is 16.1 Å². The molecule has 0 fully saturated rings. The summed E-state index contributed by atoms with van der Waals surface area (Å²) in [4.78, 5) is 8.07. The lowest BCUT2D eigenvalue weighted by molar-refractivity contribution is -0.0573. The summed E-state index contributed by atoms with van der Waals surface area (Å²) in [5, 5.41) is 0. The third-order valence-electron chi connectivity index (χ3n) is 3.59. The molecule has 0 atom stereocenters. The van der Waals surface area contributed by atoms with Gasteiger partial charge in [0.15, 0.2) is 0 Å². The average molecular weight is 284 g/mol. The zero-order valence-electron chi connectivity index (χ0n) is 11.2. The molecule has 100 valence electrons. The largest absolute Gasteiger partial charge is 0.367 e. The molecular weight excluding hydrogens is 264 g/mol. The maximum atomic E-state index is 5.98. The molecule has 0 unspecified atom stereocenters. The van der Waals surface area contributed by atoms with E-state index >= 15 is 0 Å². The molecule has 1 aromatic rings. The predicted octanol–water partition coefficient (Wildman–Crippen LogP) is 3.94. The van der Waals surface area contributed by atoms with Gasteiger partial charge in [-0.25, -0.2) is 4.98 Å². The van der Waals surface area contributed by atoms with Crippen molar-refractivity contribution >= 4 is 24.0 Å². The van der Waals surface area contributed by atoms with Crippen LogP contribution in [0.5, 0.6) is 0 Å². The minimum atomic E-state index is -0.315. The molecular formula is C13H20N2OS2. The van der Waals surface area contributed by atoms with Gasteiger partial charge >= 0.3 is 0 Å². The highest BCUT2D eigenvalue weighted by Crippen LogP contribution is 2.34. The fourth-order valence-corrected chi connectivity index (χ4v) is 3.87. The molecule has 5 heteroatoms. The molecule has 0 aromatic carbocycles. The predicted molar refractivity (Wildman–Crippen MR) is 78.3 cm³/mol. The molecule has 2 rings (SSSR count). The Kier molecular flexibility index (Phi) is 4.45. The van der Waals surface area contributed by atoms with Crippen molar-refractivity contribution < 1.29 is 4.74 Å². The zero-order chi connectivity index (χ0) is 13.2. The van der Waals surface area contributed by atoms with Crippen LogP contribution in [-0.2, 0) is 21.8 Å². The van der Waals surface area contributed by atoms with E-state index in [4.69, 9.17) is 17.0 Å². The van der Waals surface area contributed by atoms with Crippen LogP contribution in [0.2, 0.25) is 0 Å². The van der Waals surface area contributed by atoms with Crippen LogP contribution in [0, 0.1) is 4.64 Å². The molecule has 1 aromatic heterocycles. The molecule has 0 bridgehead atoms. The number of ether oxygens (including phenoxy) is 1.